The number of anilines is 1. The summed E-state index contributed by atoms with van der Waals surface area (Å²) in [5.74, 6) is 1.54. The molecular weight excluding hydrogens is 266 g/mol. The third kappa shape index (κ3) is 3.37. The van der Waals surface area contributed by atoms with Gasteiger partial charge in [-0.2, -0.15) is 0 Å². The van der Waals surface area contributed by atoms with Crippen LogP contribution in [0.15, 0.2) is 40.3 Å². The lowest BCUT2D eigenvalue weighted by Gasteiger charge is -2.07. The average Bonchev–Trinajstić information content (AvgIpc) is 2.31. The number of nitrogens with two attached hydrogens (primary N) is 1. The Morgan fingerprint density at radius 3 is 2.44 bits per heavy atom. The fourth-order valence-corrected chi connectivity index (χ4v) is 2.35. The van der Waals surface area contributed by atoms with E-state index >= 15 is 0 Å². The van der Waals surface area contributed by atoms with E-state index < -0.39 is 0 Å². The van der Waals surface area contributed by atoms with Crippen molar-refractivity contribution in [1.29, 1.82) is 0 Å². The molecule has 2 N–H and O–H groups in total. The van der Waals surface area contributed by atoms with Gasteiger partial charge in [0.1, 0.15) is 16.7 Å². The van der Waals surface area contributed by atoms with Crippen LogP contribution in [0.25, 0.3) is 0 Å². The number of hydrogen-bond acceptors (Lipinski definition) is 4. The van der Waals surface area contributed by atoms with Gasteiger partial charge in [0.25, 0.3) is 0 Å². The lowest BCUT2D eigenvalue weighted by atomic mass is 10.2. The smallest absolute Gasteiger partial charge is 0.134 e. The topological polar surface area (TPSA) is 51.8 Å². The van der Waals surface area contributed by atoms with Crippen molar-refractivity contribution in [3.05, 3.63) is 41.2 Å². The van der Waals surface area contributed by atoms with Crippen LogP contribution in [0.5, 0.6) is 0 Å². The molecule has 0 fully saturated rings. The van der Waals surface area contributed by atoms with Gasteiger partial charge in [0.05, 0.1) is 0 Å². The zero-order valence-corrected chi connectivity index (χ0v) is 11.8. The molecule has 2 aromatic rings. The third-order valence-corrected chi connectivity index (χ3v) is 3.47. The predicted molar refractivity (Wildman–Crippen MR) is 76.1 cm³/mol. The van der Waals surface area contributed by atoms with Gasteiger partial charge in [-0.3, -0.25) is 0 Å². The lowest BCUT2D eigenvalue weighted by Crippen LogP contribution is -2.02. The quantitative estimate of drug-likeness (QED) is 0.863. The molecule has 18 heavy (non-hydrogen) atoms. The normalized spacial score (nSPS) is 10.9. The van der Waals surface area contributed by atoms with Crippen LogP contribution >= 0.6 is 23.4 Å². The number of nitrogens with zero attached hydrogens (tertiary/aromatic N) is 2. The first-order valence-corrected chi connectivity index (χ1v) is 6.82. The second kappa shape index (κ2) is 5.59. The summed E-state index contributed by atoms with van der Waals surface area (Å²) in [6, 6.07) is 9.42. The van der Waals surface area contributed by atoms with Crippen LogP contribution in [-0.4, -0.2) is 9.97 Å². The number of rotatable bonds is 3. The highest BCUT2D eigenvalue weighted by atomic mass is 35.5. The van der Waals surface area contributed by atoms with E-state index in [1.807, 2.05) is 38.1 Å². The molecule has 0 amide bonds. The van der Waals surface area contributed by atoms with E-state index in [0.29, 0.717) is 5.82 Å². The van der Waals surface area contributed by atoms with Crippen molar-refractivity contribution in [1.82, 2.24) is 9.97 Å². The number of aromatic nitrogens is 2. The summed E-state index contributed by atoms with van der Waals surface area (Å²) in [6.45, 7) is 4.09. The predicted octanol–water partition coefficient (Wildman–Crippen LogP) is 3.99. The van der Waals surface area contributed by atoms with Crippen molar-refractivity contribution >= 4 is 29.2 Å². The molecule has 1 aromatic carbocycles. The average molecular weight is 280 g/mol. The van der Waals surface area contributed by atoms with Crippen molar-refractivity contribution in [2.45, 2.75) is 29.7 Å². The van der Waals surface area contributed by atoms with Crippen LogP contribution in [0.2, 0.25) is 5.02 Å². The highest BCUT2D eigenvalue weighted by Gasteiger charge is 2.07. The standard InChI is InChI=1S/C13H14ClN3S/c1-8(2)13-16-11(15)7-12(17-13)18-10-5-3-9(14)4-6-10/h3-8H,1-2H3,(H2,15,16,17). The highest BCUT2D eigenvalue weighted by molar-refractivity contribution is 7.99. The van der Waals surface area contributed by atoms with Gasteiger partial charge in [-0.25, -0.2) is 9.97 Å². The maximum Gasteiger partial charge on any atom is 0.134 e. The fourth-order valence-electron chi connectivity index (χ4n) is 1.40. The van der Waals surface area contributed by atoms with Crippen LogP contribution in [0, 0.1) is 0 Å². The van der Waals surface area contributed by atoms with Crippen molar-refractivity contribution in [2.75, 3.05) is 5.73 Å². The Balaban J connectivity index is 2.26. The van der Waals surface area contributed by atoms with Crippen LogP contribution < -0.4 is 5.73 Å². The molecule has 0 unspecified atom stereocenters. The van der Waals surface area contributed by atoms with Crippen molar-refractivity contribution in [3.63, 3.8) is 0 Å². The molecule has 0 atom stereocenters. The van der Waals surface area contributed by atoms with E-state index in [2.05, 4.69) is 9.97 Å². The van der Waals surface area contributed by atoms with Gasteiger partial charge in [-0.1, -0.05) is 37.2 Å². The van der Waals surface area contributed by atoms with Gasteiger partial charge in [0.2, 0.25) is 0 Å². The van der Waals surface area contributed by atoms with E-state index in [-0.39, 0.29) is 5.92 Å². The van der Waals surface area contributed by atoms with Crippen LogP contribution in [-0.2, 0) is 0 Å². The van der Waals surface area contributed by atoms with E-state index in [0.717, 1.165) is 20.8 Å². The summed E-state index contributed by atoms with van der Waals surface area (Å²) in [5, 5.41) is 1.58. The molecule has 0 saturated heterocycles. The second-order valence-electron chi connectivity index (χ2n) is 4.20. The molecule has 0 bridgehead atoms. The number of benzene rings is 1. The summed E-state index contributed by atoms with van der Waals surface area (Å²) in [7, 11) is 0. The third-order valence-electron chi connectivity index (χ3n) is 2.29. The Kier molecular flexibility index (Phi) is 4.09. The second-order valence-corrected chi connectivity index (χ2v) is 5.73. The zero-order valence-electron chi connectivity index (χ0n) is 10.2. The molecule has 3 nitrogen and oxygen atoms in total. The van der Waals surface area contributed by atoms with Gasteiger partial charge in [0, 0.05) is 21.9 Å². The molecule has 5 heteroatoms. The molecule has 0 aliphatic heterocycles. The molecular formula is C13H14ClN3S. The summed E-state index contributed by atoms with van der Waals surface area (Å²) < 4.78 is 0. The first-order chi connectivity index (χ1) is 8.54. The van der Waals surface area contributed by atoms with Crippen LogP contribution in [0.1, 0.15) is 25.6 Å². The fraction of sp³-hybridized carbons (Fsp3) is 0.231. The Hall–Kier alpha value is -1.26. The van der Waals surface area contributed by atoms with Gasteiger partial charge < -0.3 is 5.73 Å². The summed E-state index contributed by atoms with van der Waals surface area (Å²) in [6.07, 6.45) is 0. The number of nitrogen functional groups attached to an aromatic ring is 1. The maximum absolute atomic E-state index is 5.85. The summed E-state index contributed by atoms with van der Waals surface area (Å²) >= 11 is 7.40. The minimum Gasteiger partial charge on any atom is -0.384 e. The van der Waals surface area contributed by atoms with Crippen molar-refractivity contribution in [2.24, 2.45) is 0 Å². The van der Waals surface area contributed by atoms with E-state index in [1.54, 1.807) is 17.8 Å². The number of hydrogen-bond donors (Lipinski definition) is 1. The Labute approximate surface area is 116 Å². The molecule has 0 aliphatic rings. The first kappa shape index (κ1) is 13.2. The SMILES string of the molecule is CC(C)c1nc(N)cc(Sc2ccc(Cl)cc2)n1. The van der Waals surface area contributed by atoms with Gasteiger partial charge in [-0.05, 0) is 24.3 Å². The largest absolute Gasteiger partial charge is 0.384 e. The van der Waals surface area contributed by atoms with Gasteiger partial charge in [-0.15, -0.1) is 0 Å². The van der Waals surface area contributed by atoms with E-state index in [9.17, 15) is 0 Å². The van der Waals surface area contributed by atoms with Gasteiger partial charge >= 0.3 is 0 Å². The minimum absolute atomic E-state index is 0.262. The van der Waals surface area contributed by atoms with Crippen LogP contribution in [0.3, 0.4) is 0 Å². The summed E-state index contributed by atoms with van der Waals surface area (Å²) in [4.78, 5) is 9.79. The first-order valence-electron chi connectivity index (χ1n) is 5.62. The van der Waals surface area contributed by atoms with E-state index in [4.69, 9.17) is 17.3 Å². The molecule has 0 spiro atoms. The van der Waals surface area contributed by atoms with E-state index in [1.165, 1.54) is 0 Å². The Bertz CT molecular complexity index is 540. The molecule has 1 aromatic heterocycles. The maximum atomic E-state index is 5.85. The Morgan fingerprint density at radius 2 is 1.83 bits per heavy atom. The highest BCUT2D eigenvalue weighted by Crippen LogP contribution is 2.28. The lowest BCUT2D eigenvalue weighted by molar-refractivity contribution is 0.756. The number of halogens is 1. The monoisotopic (exact) mass is 279 g/mol. The minimum atomic E-state index is 0.262. The molecule has 0 saturated carbocycles. The van der Waals surface area contributed by atoms with Crippen molar-refractivity contribution in [3.8, 4) is 0 Å². The molecule has 0 radical (unpaired) electrons. The Morgan fingerprint density at radius 1 is 1.17 bits per heavy atom. The molecule has 1 heterocycles. The van der Waals surface area contributed by atoms with Crippen LogP contribution in [0.4, 0.5) is 5.82 Å². The molecule has 2 rings (SSSR count). The molecule has 0 aliphatic carbocycles. The van der Waals surface area contributed by atoms with Crippen molar-refractivity contribution < 1.29 is 0 Å². The zero-order chi connectivity index (χ0) is 13.1. The van der Waals surface area contributed by atoms with Gasteiger partial charge in [0.15, 0.2) is 0 Å². The molecule has 94 valence electrons. The summed E-state index contributed by atoms with van der Waals surface area (Å²) in [5.41, 5.74) is 5.79.